The topological polar surface area (TPSA) is 57.6 Å². The summed E-state index contributed by atoms with van der Waals surface area (Å²) in [6, 6.07) is 0. The summed E-state index contributed by atoms with van der Waals surface area (Å²) < 4.78 is 0. The van der Waals surface area contributed by atoms with E-state index in [0.717, 1.165) is 12.8 Å². The predicted octanol–water partition coefficient (Wildman–Crippen LogP) is 0.966. The molecule has 0 radical (unpaired) electrons. The highest BCUT2D eigenvalue weighted by Crippen LogP contribution is 2.27. The van der Waals surface area contributed by atoms with Crippen LogP contribution in [-0.2, 0) is 9.59 Å². The second kappa shape index (κ2) is 4.44. The highest BCUT2D eigenvalue weighted by Gasteiger charge is 2.35. The third-order valence-electron chi connectivity index (χ3n) is 3.00. The molecule has 1 N–H and O–H groups in total. The molecule has 2 atom stereocenters. The average Bonchev–Trinajstić information content (AvgIpc) is 2.46. The van der Waals surface area contributed by atoms with Crippen molar-refractivity contribution in [2.45, 2.75) is 26.7 Å². The molecule has 1 fully saturated rings. The Balaban J connectivity index is 2.55. The van der Waals surface area contributed by atoms with Gasteiger partial charge in [-0.1, -0.05) is 20.3 Å². The van der Waals surface area contributed by atoms with E-state index in [2.05, 4.69) is 6.92 Å². The van der Waals surface area contributed by atoms with E-state index in [4.69, 9.17) is 5.11 Å². The molecule has 0 aromatic rings. The number of carboxylic acid groups (broad SMARTS) is 1. The summed E-state index contributed by atoms with van der Waals surface area (Å²) in [5.41, 5.74) is 0. The number of amides is 1. The molecule has 0 aliphatic carbocycles. The van der Waals surface area contributed by atoms with E-state index in [-0.39, 0.29) is 18.4 Å². The first-order valence-corrected chi connectivity index (χ1v) is 5.06. The van der Waals surface area contributed by atoms with Crippen molar-refractivity contribution in [2.75, 3.05) is 13.1 Å². The lowest BCUT2D eigenvalue weighted by atomic mass is 9.91. The number of carbonyl (C=O) groups excluding carboxylic acids is 1. The van der Waals surface area contributed by atoms with E-state index < -0.39 is 5.97 Å². The second-order valence-corrected chi connectivity index (χ2v) is 3.93. The standard InChI is InChI=1S/C10H17NO3/c1-3-7(2)8-4-5-11(10(8)14)6-9(12)13/h7-8H,3-6H2,1-2H3,(H,12,13). The van der Waals surface area contributed by atoms with Gasteiger partial charge in [0.25, 0.3) is 0 Å². The number of aliphatic carboxylic acids is 1. The number of rotatable bonds is 4. The first kappa shape index (κ1) is 11.0. The summed E-state index contributed by atoms with van der Waals surface area (Å²) in [5, 5.41) is 8.58. The van der Waals surface area contributed by atoms with Gasteiger partial charge in [0.2, 0.25) is 5.91 Å². The number of likely N-dealkylation sites (tertiary alicyclic amines) is 1. The lowest BCUT2D eigenvalue weighted by Gasteiger charge is -2.17. The fourth-order valence-electron chi connectivity index (χ4n) is 1.90. The summed E-state index contributed by atoms with van der Waals surface area (Å²) in [4.78, 5) is 23.6. The van der Waals surface area contributed by atoms with Crippen molar-refractivity contribution in [3.8, 4) is 0 Å². The molecule has 1 saturated heterocycles. The molecule has 0 spiro atoms. The fourth-order valence-corrected chi connectivity index (χ4v) is 1.90. The Bertz CT molecular complexity index is 240. The van der Waals surface area contributed by atoms with Gasteiger partial charge < -0.3 is 10.0 Å². The van der Waals surface area contributed by atoms with Crippen LogP contribution >= 0.6 is 0 Å². The van der Waals surface area contributed by atoms with Gasteiger partial charge in [-0.15, -0.1) is 0 Å². The molecule has 0 bridgehead atoms. The first-order valence-electron chi connectivity index (χ1n) is 5.06. The molecule has 0 saturated carbocycles. The van der Waals surface area contributed by atoms with Crippen LogP contribution in [0.4, 0.5) is 0 Å². The molecule has 4 heteroatoms. The van der Waals surface area contributed by atoms with E-state index in [0.29, 0.717) is 12.5 Å². The van der Waals surface area contributed by atoms with Crippen molar-refractivity contribution in [3.05, 3.63) is 0 Å². The Morgan fingerprint density at radius 3 is 2.86 bits per heavy atom. The molecular weight excluding hydrogens is 182 g/mol. The average molecular weight is 199 g/mol. The summed E-state index contributed by atoms with van der Waals surface area (Å²) in [6.45, 7) is 4.55. The maximum atomic E-state index is 11.7. The third-order valence-corrected chi connectivity index (χ3v) is 3.00. The zero-order chi connectivity index (χ0) is 10.7. The quantitative estimate of drug-likeness (QED) is 0.733. The van der Waals surface area contributed by atoms with E-state index in [1.54, 1.807) is 0 Å². The van der Waals surface area contributed by atoms with Crippen molar-refractivity contribution < 1.29 is 14.7 Å². The van der Waals surface area contributed by atoms with Crippen molar-refractivity contribution in [2.24, 2.45) is 11.8 Å². The highest BCUT2D eigenvalue weighted by atomic mass is 16.4. The van der Waals surface area contributed by atoms with Crippen LogP contribution in [0.1, 0.15) is 26.7 Å². The fraction of sp³-hybridized carbons (Fsp3) is 0.800. The van der Waals surface area contributed by atoms with Crippen LogP contribution in [0.15, 0.2) is 0 Å². The maximum absolute atomic E-state index is 11.7. The molecule has 1 rings (SSSR count). The molecular formula is C10H17NO3. The Hall–Kier alpha value is -1.06. The van der Waals surface area contributed by atoms with Crippen LogP contribution in [0.25, 0.3) is 0 Å². The third kappa shape index (κ3) is 2.25. The zero-order valence-corrected chi connectivity index (χ0v) is 8.69. The van der Waals surface area contributed by atoms with Crippen molar-refractivity contribution in [3.63, 3.8) is 0 Å². The zero-order valence-electron chi connectivity index (χ0n) is 8.69. The van der Waals surface area contributed by atoms with Crippen molar-refractivity contribution in [1.29, 1.82) is 0 Å². The number of nitrogens with zero attached hydrogens (tertiary/aromatic N) is 1. The van der Waals surface area contributed by atoms with Gasteiger partial charge in [0.15, 0.2) is 0 Å². The summed E-state index contributed by atoms with van der Waals surface area (Å²) in [5.74, 6) is -0.509. The molecule has 1 aliphatic rings. The van der Waals surface area contributed by atoms with Crippen molar-refractivity contribution >= 4 is 11.9 Å². The largest absolute Gasteiger partial charge is 0.480 e. The van der Waals surface area contributed by atoms with Gasteiger partial charge in [0, 0.05) is 12.5 Å². The van der Waals surface area contributed by atoms with E-state index in [9.17, 15) is 9.59 Å². The molecule has 1 heterocycles. The van der Waals surface area contributed by atoms with Crippen LogP contribution < -0.4 is 0 Å². The Kier molecular flexibility index (Phi) is 3.49. The van der Waals surface area contributed by atoms with Gasteiger partial charge in [-0.25, -0.2) is 0 Å². The van der Waals surface area contributed by atoms with Crippen LogP contribution in [0, 0.1) is 11.8 Å². The Morgan fingerprint density at radius 2 is 2.36 bits per heavy atom. The Morgan fingerprint density at radius 1 is 1.71 bits per heavy atom. The second-order valence-electron chi connectivity index (χ2n) is 3.93. The molecule has 2 unspecified atom stereocenters. The van der Waals surface area contributed by atoms with Gasteiger partial charge in [0.1, 0.15) is 6.54 Å². The number of hydrogen-bond acceptors (Lipinski definition) is 2. The molecule has 0 aromatic heterocycles. The van der Waals surface area contributed by atoms with E-state index in [1.165, 1.54) is 4.90 Å². The van der Waals surface area contributed by atoms with Gasteiger partial charge in [-0.05, 0) is 12.3 Å². The van der Waals surface area contributed by atoms with Crippen LogP contribution in [0.5, 0.6) is 0 Å². The molecule has 80 valence electrons. The van der Waals surface area contributed by atoms with E-state index in [1.807, 2.05) is 6.92 Å². The molecule has 0 aromatic carbocycles. The molecule has 1 aliphatic heterocycles. The van der Waals surface area contributed by atoms with Crippen LogP contribution in [0.3, 0.4) is 0 Å². The number of carbonyl (C=O) groups is 2. The van der Waals surface area contributed by atoms with E-state index >= 15 is 0 Å². The highest BCUT2D eigenvalue weighted by molar-refractivity contribution is 5.84. The maximum Gasteiger partial charge on any atom is 0.323 e. The van der Waals surface area contributed by atoms with Gasteiger partial charge in [-0.3, -0.25) is 9.59 Å². The summed E-state index contributed by atoms with van der Waals surface area (Å²) >= 11 is 0. The summed E-state index contributed by atoms with van der Waals surface area (Å²) in [6.07, 6.45) is 1.78. The van der Waals surface area contributed by atoms with Crippen LogP contribution in [-0.4, -0.2) is 35.0 Å². The number of hydrogen-bond donors (Lipinski definition) is 1. The summed E-state index contributed by atoms with van der Waals surface area (Å²) in [7, 11) is 0. The molecule has 14 heavy (non-hydrogen) atoms. The van der Waals surface area contributed by atoms with Crippen LogP contribution in [0.2, 0.25) is 0 Å². The van der Waals surface area contributed by atoms with Gasteiger partial charge in [0.05, 0.1) is 0 Å². The number of carboxylic acids is 1. The molecule has 1 amide bonds. The monoisotopic (exact) mass is 199 g/mol. The normalized spacial score (nSPS) is 24.0. The smallest absolute Gasteiger partial charge is 0.323 e. The minimum atomic E-state index is -0.928. The minimum absolute atomic E-state index is 0.0155. The molecule has 4 nitrogen and oxygen atoms in total. The van der Waals surface area contributed by atoms with Gasteiger partial charge in [-0.2, -0.15) is 0 Å². The SMILES string of the molecule is CCC(C)C1CCN(CC(=O)O)C1=O. The lowest BCUT2D eigenvalue weighted by molar-refractivity contribution is -0.144. The first-order chi connectivity index (χ1) is 6.56. The van der Waals surface area contributed by atoms with Crippen molar-refractivity contribution in [1.82, 2.24) is 4.90 Å². The minimum Gasteiger partial charge on any atom is -0.480 e. The predicted molar refractivity (Wildman–Crippen MR) is 51.8 cm³/mol. The lowest BCUT2D eigenvalue weighted by Crippen LogP contribution is -2.33. The van der Waals surface area contributed by atoms with Gasteiger partial charge >= 0.3 is 5.97 Å². The Labute approximate surface area is 83.9 Å².